The first-order valence-electron chi connectivity index (χ1n) is 4.17. The minimum atomic E-state index is -4.49. The molecule has 1 aliphatic carbocycles. The predicted molar refractivity (Wildman–Crippen MR) is 44.7 cm³/mol. The molecule has 0 bridgehead atoms. The van der Waals surface area contributed by atoms with Crippen molar-refractivity contribution in [2.45, 2.75) is 12.6 Å². The Morgan fingerprint density at radius 2 is 1.60 bits per heavy atom. The Labute approximate surface area is 82.7 Å². The van der Waals surface area contributed by atoms with E-state index in [1.807, 2.05) is 0 Å². The van der Waals surface area contributed by atoms with Crippen LogP contribution in [0, 0.1) is 0 Å². The fourth-order valence-electron chi connectivity index (χ4n) is 1.53. The summed E-state index contributed by atoms with van der Waals surface area (Å²) in [5.41, 5.74) is -0.924. The van der Waals surface area contributed by atoms with Crippen LogP contribution in [0.2, 0.25) is 0 Å². The molecule has 0 amide bonds. The molecular weight excluding hydrogens is 209 g/mol. The van der Waals surface area contributed by atoms with Crippen LogP contribution in [0.25, 0.3) is 0 Å². The number of carbonyl (C=O) groups is 2. The van der Waals surface area contributed by atoms with Gasteiger partial charge in [-0.2, -0.15) is 13.2 Å². The molecule has 5 heteroatoms. The first-order valence-corrected chi connectivity index (χ1v) is 4.17. The molecule has 15 heavy (non-hydrogen) atoms. The van der Waals surface area contributed by atoms with Gasteiger partial charge in [0.25, 0.3) is 0 Å². The third-order valence-corrected chi connectivity index (χ3v) is 2.27. The Hall–Kier alpha value is -1.65. The van der Waals surface area contributed by atoms with E-state index >= 15 is 0 Å². The molecule has 0 radical (unpaired) electrons. The van der Waals surface area contributed by atoms with E-state index in [1.54, 1.807) is 0 Å². The van der Waals surface area contributed by atoms with Gasteiger partial charge in [-0.1, -0.05) is 6.07 Å². The van der Waals surface area contributed by atoms with Crippen molar-refractivity contribution >= 4 is 11.6 Å². The second kappa shape index (κ2) is 2.92. The van der Waals surface area contributed by atoms with Crippen molar-refractivity contribution in [3.8, 4) is 0 Å². The Morgan fingerprint density at radius 1 is 1.00 bits per heavy atom. The highest BCUT2D eigenvalue weighted by Gasteiger charge is 2.34. The summed E-state index contributed by atoms with van der Waals surface area (Å²) >= 11 is 0. The number of rotatable bonds is 0. The van der Waals surface area contributed by atoms with Gasteiger partial charge in [-0.3, -0.25) is 9.59 Å². The maximum Gasteiger partial charge on any atom is 0.416 e. The maximum absolute atomic E-state index is 12.3. The van der Waals surface area contributed by atoms with E-state index in [4.69, 9.17) is 0 Å². The second-order valence-electron chi connectivity index (χ2n) is 3.28. The summed E-state index contributed by atoms with van der Waals surface area (Å²) < 4.78 is 36.9. The van der Waals surface area contributed by atoms with Crippen LogP contribution in [0.3, 0.4) is 0 Å². The Balaban J connectivity index is 2.57. The lowest BCUT2D eigenvalue weighted by Gasteiger charge is -2.07. The molecule has 2 rings (SSSR count). The summed E-state index contributed by atoms with van der Waals surface area (Å²) in [7, 11) is 0. The van der Waals surface area contributed by atoms with Gasteiger partial charge in [-0.25, -0.2) is 0 Å². The van der Waals surface area contributed by atoms with Gasteiger partial charge in [0.15, 0.2) is 11.6 Å². The fraction of sp³-hybridized carbons (Fsp3) is 0.200. The Morgan fingerprint density at radius 3 is 2.20 bits per heavy atom. The molecule has 0 fully saturated rings. The summed E-state index contributed by atoms with van der Waals surface area (Å²) in [5, 5.41) is 0. The molecule has 2 nitrogen and oxygen atoms in total. The molecule has 0 atom stereocenters. The zero-order valence-electron chi connectivity index (χ0n) is 7.39. The van der Waals surface area contributed by atoms with E-state index in [9.17, 15) is 22.8 Å². The quantitative estimate of drug-likeness (QED) is 0.621. The van der Waals surface area contributed by atoms with Crippen molar-refractivity contribution in [1.82, 2.24) is 0 Å². The van der Waals surface area contributed by atoms with Crippen LogP contribution in [0.1, 0.15) is 32.7 Å². The van der Waals surface area contributed by atoms with Gasteiger partial charge in [-0.05, 0) is 12.1 Å². The zero-order valence-corrected chi connectivity index (χ0v) is 7.39. The number of fused-ring (bicyclic) bond motifs is 1. The smallest absolute Gasteiger partial charge is 0.294 e. The summed E-state index contributed by atoms with van der Waals surface area (Å²) in [6, 6.07) is 2.61. The normalized spacial score (nSPS) is 15.7. The molecule has 0 aliphatic heterocycles. The minimum Gasteiger partial charge on any atom is -0.294 e. The third kappa shape index (κ3) is 1.54. The highest BCUT2D eigenvalue weighted by atomic mass is 19.4. The number of alkyl halides is 3. The van der Waals surface area contributed by atoms with E-state index in [-0.39, 0.29) is 17.5 Å². The van der Waals surface area contributed by atoms with Gasteiger partial charge in [0.05, 0.1) is 12.0 Å². The molecule has 0 aromatic heterocycles. The maximum atomic E-state index is 12.3. The highest BCUT2D eigenvalue weighted by molar-refractivity contribution is 6.24. The van der Waals surface area contributed by atoms with Crippen LogP contribution < -0.4 is 0 Å². The Bertz CT molecular complexity index is 460. The first-order chi connectivity index (χ1) is 6.89. The van der Waals surface area contributed by atoms with Crippen LogP contribution >= 0.6 is 0 Å². The second-order valence-corrected chi connectivity index (χ2v) is 3.28. The number of ketones is 2. The van der Waals surface area contributed by atoms with Crippen molar-refractivity contribution < 1.29 is 22.8 Å². The van der Waals surface area contributed by atoms with Gasteiger partial charge in [0.2, 0.25) is 0 Å². The topological polar surface area (TPSA) is 34.1 Å². The van der Waals surface area contributed by atoms with Crippen LogP contribution in [0.15, 0.2) is 18.2 Å². The lowest BCUT2D eigenvalue weighted by atomic mass is 10.1. The standard InChI is InChI=1S/C10H5F3O2/c11-10(12,13)5-1-2-6-7(3-5)9(15)4-8(6)14/h1-3H,4H2. The molecule has 0 N–H and O–H groups in total. The number of hydrogen-bond donors (Lipinski definition) is 0. The largest absolute Gasteiger partial charge is 0.416 e. The lowest BCUT2D eigenvalue weighted by Crippen LogP contribution is -2.06. The van der Waals surface area contributed by atoms with Crippen LogP contribution in [-0.4, -0.2) is 11.6 Å². The van der Waals surface area contributed by atoms with Crippen molar-refractivity contribution in [3.63, 3.8) is 0 Å². The average molecular weight is 214 g/mol. The molecule has 1 aromatic rings. The number of halogens is 3. The number of hydrogen-bond acceptors (Lipinski definition) is 2. The van der Waals surface area contributed by atoms with E-state index in [0.29, 0.717) is 0 Å². The third-order valence-electron chi connectivity index (χ3n) is 2.27. The zero-order chi connectivity index (χ0) is 11.2. The minimum absolute atomic E-state index is 0.0907. The predicted octanol–water partition coefficient (Wildman–Crippen LogP) is 2.47. The van der Waals surface area contributed by atoms with Crippen LogP contribution in [-0.2, 0) is 6.18 Å². The van der Waals surface area contributed by atoms with E-state index < -0.39 is 23.3 Å². The SMILES string of the molecule is O=C1CC(=O)c2cc(C(F)(F)F)ccc21. The lowest BCUT2D eigenvalue weighted by molar-refractivity contribution is -0.137. The highest BCUT2D eigenvalue weighted by Crippen LogP contribution is 2.32. The summed E-state index contributed by atoms with van der Waals surface area (Å²) in [6.45, 7) is 0. The van der Waals surface area contributed by atoms with Gasteiger partial charge in [0.1, 0.15) is 0 Å². The first kappa shape index (κ1) is 9.89. The Kier molecular flexibility index (Phi) is 1.92. The fourth-order valence-corrected chi connectivity index (χ4v) is 1.53. The van der Waals surface area contributed by atoms with Crippen molar-refractivity contribution in [2.24, 2.45) is 0 Å². The molecular formula is C10H5F3O2. The average Bonchev–Trinajstić information content (AvgIpc) is 2.41. The van der Waals surface area contributed by atoms with Crippen molar-refractivity contribution in [2.75, 3.05) is 0 Å². The number of benzene rings is 1. The van der Waals surface area contributed by atoms with Crippen LogP contribution in [0.5, 0.6) is 0 Å². The summed E-state index contributed by atoms with van der Waals surface area (Å²) in [4.78, 5) is 22.3. The number of Topliss-reactive ketones (excluding diaryl/α,β-unsaturated/α-hetero) is 2. The molecule has 1 aromatic carbocycles. The summed E-state index contributed by atoms with van der Waals surface area (Å²) in [6.07, 6.45) is -4.81. The molecule has 78 valence electrons. The molecule has 1 aliphatic rings. The van der Waals surface area contributed by atoms with Crippen LogP contribution in [0.4, 0.5) is 13.2 Å². The van der Waals surface area contributed by atoms with Crippen molar-refractivity contribution in [3.05, 3.63) is 34.9 Å². The van der Waals surface area contributed by atoms with Gasteiger partial charge >= 0.3 is 6.18 Å². The molecule has 0 heterocycles. The van der Waals surface area contributed by atoms with Gasteiger partial charge in [-0.15, -0.1) is 0 Å². The van der Waals surface area contributed by atoms with E-state index in [1.165, 1.54) is 0 Å². The molecule has 0 unspecified atom stereocenters. The summed E-state index contributed by atoms with van der Waals surface area (Å²) in [5.74, 6) is -0.954. The van der Waals surface area contributed by atoms with E-state index in [0.717, 1.165) is 18.2 Å². The van der Waals surface area contributed by atoms with Gasteiger partial charge < -0.3 is 0 Å². The monoisotopic (exact) mass is 214 g/mol. The molecule has 0 saturated heterocycles. The van der Waals surface area contributed by atoms with E-state index in [2.05, 4.69) is 0 Å². The molecule has 0 saturated carbocycles. The number of carbonyl (C=O) groups excluding carboxylic acids is 2. The van der Waals surface area contributed by atoms with Crippen molar-refractivity contribution in [1.29, 1.82) is 0 Å². The van der Waals surface area contributed by atoms with Gasteiger partial charge in [0, 0.05) is 11.1 Å². The molecule has 0 spiro atoms.